The number of nitrogens with zero attached hydrogens (tertiary/aromatic N) is 9. The second-order valence-electron chi connectivity index (χ2n) is 22.6. The Morgan fingerprint density at radius 2 is 0.543 bits per heavy atom. The Bertz CT molecular complexity index is 4990. The summed E-state index contributed by atoms with van der Waals surface area (Å²) < 4.78 is 0. The van der Waals surface area contributed by atoms with Gasteiger partial charge in [-0.25, -0.2) is 44.9 Å². The Labute approximate surface area is 538 Å². The summed E-state index contributed by atoms with van der Waals surface area (Å²) in [6, 6.07) is 99.3. The molecule has 11 aromatic carbocycles. The molecule has 0 saturated heterocycles. The summed E-state index contributed by atoms with van der Waals surface area (Å²) in [6.45, 7) is 14.4. The highest BCUT2D eigenvalue weighted by molar-refractivity contribution is 5.95. The number of fused-ring (bicyclic) bond motifs is 6. The van der Waals surface area contributed by atoms with Crippen molar-refractivity contribution in [2.24, 2.45) is 0 Å². The molecule has 0 radical (unpaired) electrons. The minimum absolute atomic E-state index is 0.0354. The van der Waals surface area contributed by atoms with Crippen LogP contribution in [0.25, 0.3) is 123 Å². The molecule has 16 rings (SSSR count). The molecule has 0 aliphatic heterocycles. The molecular formula is C83H69N9. The second kappa shape index (κ2) is 27.9. The first-order valence-electron chi connectivity index (χ1n) is 31.2. The van der Waals surface area contributed by atoms with E-state index in [2.05, 4.69) is 177 Å². The first kappa shape index (κ1) is 60.7. The average molecular weight is 1190 g/mol. The fourth-order valence-corrected chi connectivity index (χ4v) is 11.7. The third-order valence-corrected chi connectivity index (χ3v) is 16.0. The summed E-state index contributed by atoms with van der Waals surface area (Å²) in [4.78, 5) is 41.7. The highest BCUT2D eigenvalue weighted by Gasteiger charge is 2.35. The van der Waals surface area contributed by atoms with Crippen LogP contribution in [0.3, 0.4) is 0 Å². The monoisotopic (exact) mass is 1190 g/mol. The maximum absolute atomic E-state index is 4.83. The number of hydrogen-bond donors (Lipinski definition) is 0. The molecule has 92 heavy (non-hydrogen) atoms. The zero-order chi connectivity index (χ0) is 63.4. The lowest BCUT2D eigenvalue weighted by Gasteiger charge is -2.21. The first-order chi connectivity index (χ1) is 45.1. The number of benzene rings is 11. The van der Waals surface area contributed by atoms with E-state index in [4.69, 9.17) is 15.0 Å². The Morgan fingerprint density at radius 1 is 0.228 bits per heavy atom. The van der Waals surface area contributed by atoms with Crippen molar-refractivity contribution in [2.75, 3.05) is 0 Å². The van der Waals surface area contributed by atoms with Crippen molar-refractivity contribution in [1.29, 1.82) is 0 Å². The molecule has 0 unspecified atom stereocenters. The summed E-state index contributed by atoms with van der Waals surface area (Å²) >= 11 is 0. The molecule has 0 atom stereocenters. The molecule has 9 nitrogen and oxygen atoms in total. The van der Waals surface area contributed by atoms with Crippen LogP contribution in [-0.2, 0) is 5.41 Å². The summed E-state index contributed by atoms with van der Waals surface area (Å²) in [5.74, 6) is 4.53. The fourth-order valence-electron chi connectivity index (χ4n) is 11.7. The third-order valence-electron chi connectivity index (χ3n) is 16.0. The lowest BCUT2D eigenvalue weighted by molar-refractivity contribution is 0.660. The van der Waals surface area contributed by atoms with Gasteiger partial charge >= 0.3 is 0 Å². The summed E-state index contributed by atoms with van der Waals surface area (Å²) in [5, 5.41) is 3.27. The van der Waals surface area contributed by atoms with Crippen molar-refractivity contribution >= 4 is 32.7 Å². The molecule has 0 spiro atoms. The van der Waals surface area contributed by atoms with Gasteiger partial charge < -0.3 is 0 Å². The topological polar surface area (TPSA) is 116 Å². The van der Waals surface area contributed by atoms with Crippen LogP contribution >= 0.6 is 0 Å². The van der Waals surface area contributed by atoms with Gasteiger partial charge in [-0.2, -0.15) is 0 Å². The second-order valence-corrected chi connectivity index (χ2v) is 22.6. The zero-order valence-electron chi connectivity index (χ0n) is 52.7. The van der Waals surface area contributed by atoms with E-state index < -0.39 is 0 Å². The molecule has 4 heterocycles. The molecule has 1 aliphatic carbocycles. The summed E-state index contributed by atoms with van der Waals surface area (Å²) in [6.07, 6.45) is 0. The third kappa shape index (κ3) is 13.4. The molecule has 0 fully saturated rings. The van der Waals surface area contributed by atoms with Crippen molar-refractivity contribution in [3.63, 3.8) is 0 Å². The molecule has 4 aromatic heterocycles. The molecule has 0 amide bonds. The summed E-state index contributed by atoms with van der Waals surface area (Å²) in [5.41, 5.74) is 20.1. The lowest BCUT2D eigenvalue weighted by Crippen LogP contribution is -2.15. The fraction of sp³-hybridized carbons (Fsp3) is 0.0964. The van der Waals surface area contributed by atoms with E-state index in [-0.39, 0.29) is 5.41 Å². The predicted octanol–water partition coefficient (Wildman–Crippen LogP) is 20.7. The molecular weight excluding hydrogens is 1120 g/mol. The summed E-state index contributed by atoms with van der Waals surface area (Å²) in [7, 11) is 0. The van der Waals surface area contributed by atoms with Gasteiger partial charge in [-0.05, 0) is 78.4 Å². The first-order valence-corrected chi connectivity index (χ1v) is 31.2. The van der Waals surface area contributed by atoms with Crippen LogP contribution in [-0.4, -0.2) is 44.9 Å². The highest BCUT2D eigenvalue weighted by Crippen LogP contribution is 2.49. The van der Waals surface area contributed by atoms with Crippen LogP contribution in [0, 0.1) is 20.8 Å². The smallest absolute Gasteiger partial charge is 0.163 e. The van der Waals surface area contributed by atoms with Gasteiger partial charge in [-0.1, -0.05) is 295 Å². The number of rotatable bonds is 7. The largest absolute Gasteiger partial charge is 0.233 e. The van der Waals surface area contributed by atoms with Crippen LogP contribution in [0.15, 0.2) is 291 Å². The van der Waals surface area contributed by atoms with E-state index in [0.717, 1.165) is 112 Å². The standard InChI is InChI=1S/C25H21N3.C21H16N2.C20H14N2.C15H12N2.C2H6/c1-16-26-23(17-9-5-4-6-10-17)28-24(27-16)18-13-14-20-19-11-7-8-12-21(19)25(2,3)22(20)15-18;1-15-22-20-10-6-5-9-19(20)21(23-15)18-13-11-17(12-14-18)16-7-3-2-4-8-16;1-3-9-15(10-4-1)19-17-13-7-8-14-18(17)21-20(22-19)16-11-5-2-6-12-16;1-11-16-14-10-6-5-9-13(14)15(17-11)12-7-3-2-4-8-12;1-2/h4-15H,1-3H3;2-14H,1H3;1-14H;2-10H,1H3;1-2H3. The average Bonchev–Trinajstić information content (AvgIpc) is 1.59. The molecule has 0 saturated carbocycles. The van der Waals surface area contributed by atoms with E-state index in [0.29, 0.717) is 5.82 Å². The van der Waals surface area contributed by atoms with Crippen molar-refractivity contribution in [3.05, 3.63) is 320 Å². The lowest BCUT2D eigenvalue weighted by atomic mass is 9.82. The maximum atomic E-state index is 4.83. The van der Waals surface area contributed by atoms with Crippen LogP contribution in [0.2, 0.25) is 0 Å². The van der Waals surface area contributed by atoms with Gasteiger partial charge in [0.05, 0.1) is 33.6 Å². The van der Waals surface area contributed by atoms with Gasteiger partial charge in [-0.15, -0.1) is 0 Å². The normalized spacial score (nSPS) is 11.5. The van der Waals surface area contributed by atoms with E-state index in [1.54, 1.807) is 0 Å². The van der Waals surface area contributed by atoms with E-state index in [1.807, 2.05) is 192 Å². The zero-order valence-corrected chi connectivity index (χ0v) is 52.7. The molecule has 446 valence electrons. The Balaban J connectivity index is 0.000000119. The number of aryl methyl sites for hydroxylation is 3. The minimum atomic E-state index is -0.0354. The van der Waals surface area contributed by atoms with Gasteiger partial charge in [0.2, 0.25) is 0 Å². The molecule has 0 N–H and O–H groups in total. The van der Waals surface area contributed by atoms with Crippen molar-refractivity contribution in [2.45, 2.75) is 53.9 Å². The quantitative estimate of drug-likeness (QED) is 0.154. The van der Waals surface area contributed by atoms with E-state index >= 15 is 0 Å². The number of hydrogen-bond acceptors (Lipinski definition) is 9. The SMILES string of the molecule is CC.Cc1nc(-c2ccc(-c3ccccc3)cc2)c2ccccc2n1.Cc1nc(-c2ccccc2)c2ccccc2n1.Cc1nc(-c2ccccc2)nc(-c2ccc3c(c2)C(C)(C)c2ccccc2-3)n1.c1ccc(-c2nc(-c3ccccc3)c3ccccc3n2)cc1. The van der Waals surface area contributed by atoms with Crippen LogP contribution in [0.4, 0.5) is 0 Å². The number of para-hydroxylation sites is 3. The molecule has 15 aromatic rings. The van der Waals surface area contributed by atoms with Crippen LogP contribution in [0.1, 0.15) is 56.3 Å². The van der Waals surface area contributed by atoms with E-state index in [1.165, 1.54) is 33.4 Å². The van der Waals surface area contributed by atoms with E-state index in [9.17, 15) is 0 Å². The highest BCUT2D eigenvalue weighted by atomic mass is 15.0. The maximum Gasteiger partial charge on any atom is 0.163 e. The van der Waals surface area contributed by atoms with Gasteiger partial charge in [0.15, 0.2) is 17.5 Å². The Hall–Kier alpha value is -11.6. The molecule has 1 aliphatic rings. The van der Waals surface area contributed by atoms with Gasteiger partial charge in [0.1, 0.15) is 17.5 Å². The van der Waals surface area contributed by atoms with Gasteiger partial charge in [0.25, 0.3) is 0 Å². The van der Waals surface area contributed by atoms with Crippen molar-refractivity contribution in [3.8, 4) is 90.2 Å². The van der Waals surface area contributed by atoms with Gasteiger partial charge in [-0.3, -0.25) is 0 Å². The molecule has 0 bridgehead atoms. The molecule has 9 heteroatoms. The van der Waals surface area contributed by atoms with Gasteiger partial charge in [0, 0.05) is 55.0 Å². The predicted molar refractivity (Wildman–Crippen MR) is 380 cm³/mol. The minimum Gasteiger partial charge on any atom is -0.233 e. The Kier molecular flexibility index (Phi) is 18.4. The van der Waals surface area contributed by atoms with Crippen molar-refractivity contribution < 1.29 is 0 Å². The van der Waals surface area contributed by atoms with Crippen LogP contribution in [0.5, 0.6) is 0 Å². The Morgan fingerprint density at radius 3 is 1.03 bits per heavy atom. The number of aromatic nitrogens is 9. The van der Waals surface area contributed by atoms with Crippen molar-refractivity contribution in [1.82, 2.24) is 44.9 Å². The van der Waals surface area contributed by atoms with Crippen LogP contribution < -0.4 is 0 Å².